The summed E-state index contributed by atoms with van der Waals surface area (Å²) < 4.78 is 6.89. The first-order valence-electron chi connectivity index (χ1n) is 11.5. The number of fused-ring (bicyclic) bond motifs is 3. The maximum atomic E-state index is 12.4. The van der Waals surface area contributed by atoms with Crippen molar-refractivity contribution in [3.63, 3.8) is 0 Å². The zero-order valence-electron chi connectivity index (χ0n) is 19.4. The number of carbonyl (C=O) groups is 1. The van der Waals surface area contributed by atoms with Crippen molar-refractivity contribution in [3.8, 4) is 28.0 Å². The molecule has 0 aromatic carbocycles. The topological polar surface area (TPSA) is 118 Å². The smallest absolute Gasteiger partial charge is 0.311 e. The molecule has 2 fully saturated rings. The lowest BCUT2D eigenvalue weighted by molar-refractivity contribution is -0.152. The van der Waals surface area contributed by atoms with Crippen molar-refractivity contribution in [2.75, 3.05) is 19.5 Å². The lowest BCUT2D eigenvalue weighted by Crippen LogP contribution is -2.27. The van der Waals surface area contributed by atoms with Crippen LogP contribution in [0.1, 0.15) is 42.7 Å². The molecule has 4 heterocycles. The van der Waals surface area contributed by atoms with E-state index in [9.17, 15) is 4.79 Å². The molecule has 10 heteroatoms. The number of ether oxygens (including phenoxy) is 1. The largest absolute Gasteiger partial charge is 0.469 e. The van der Waals surface area contributed by atoms with Crippen LogP contribution in [0.2, 0.25) is 0 Å². The summed E-state index contributed by atoms with van der Waals surface area (Å²) in [5.74, 6) is -0.0879. The number of methoxy groups -OCH3 is 1. The van der Waals surface area contributed by atoms with E-state index in [0.29, 0.717) is 5.56 Å². The number of esters is 1. The summed E-state index contributed by atoms with van der Waals surface area (Å²) in [4.78, 5) is 17.1. The molecule has 4 aromatic rings. The van der Waals surface area contributed by atoms with Crippen LogP contribution in [-0.2, 0) is 14.9 Å². The predicted octanol–water partition coefficient (Wildman–Crippen LogP) is 4.20. The highest BCUT2D eigenvalue weighted by molar-refractivity contribution is 7.14. The third-order valence-corrected chi connectivity index (χ3v) is 8.84. The van der Waals surface area contributed by atoms with Gasteiger partial charge in [0, 0.05) is 24.3 Å². The zero-order chi connectivity index (χ0) is 24.2. The van der Waals surface area contributed by atoms with Crippen LogP contribution in [-0.4, -0.2) is 44.9 Å². The lowest BCUT2D eigenvalue weighted by atomic mass is 9.82. The van der Waals surface area contributed by atoms with Gasteiger partial charge in [-0.3, -0.25) is 9.78 Å². The molecule has 6 rings (SSSR count). The van der Waals surface area contributed by atoms with E-state index in [1.807, 2.05) is 31.4 Å². The van der Waals surface area contributed by atoms with E-state index in [-0.39, 0.29) is 16.8 Å². The number of nitriles is 1. The Labute approximate surface area is 205 Å². The molecule has 176 valence electrons. The second kappa shape index (κ2) is 7.85. The molecule has 1 N–H and O–H groups in total. The van der Waals surface area contributed by atoms with Crippen LogP contribution < -0.4 is 5.32 Å². The highest BCUT2D eigenvalue weighted by Gasteiger charge is 2.60. The summed E-state index contributed by atoms with van der Waals surface area (Å²) in [6.45, 7) is 0. The molecule has 35 heavy (non-hydrogen) atoms. The number of hydrogen-bond donors (Lipinski definition) is 1. The molecule has 2 saturated carbocycles. The van der Waals surface area contributed by atoms with E-state index in [1.54, 1.807) is 28.1 Å². The molecule has 4 aromatic heterocycles. The van der Waals surface area contributed by atoms with Crippen molar-refractivity contribution in [1.29, 1.82) is 5.26 Å². The molecule has 2 aliphatic rings. The van der Waals surface area contributed by atoms with Crippen LogP contribution in [0, 0.1) is 16.7 Å². The molecule has 0 aliphatic heterocycles. The lowest BCUT2D eigenvalue weighted by Gasteiger charge is -2.24. The van der Waals surface area contributed by atoms with Gasteiger partial charge in [0.15, 0.2) is 5.01 Å². The average Bonchev–Trinajstić information content (AvgIpc) is 3.69. The fraction of sp³-hybridized carbons (Fsp3) is 0.360. The summed E-state index contributed by atoms with van der Waals surface area (Å²) >= 11 is 1.59. The quantitative estimate of drug-likeness (QED) is 0.418. The Morgan fingerprint density at radius 1 is 1.20 bits per heavy atom. The number of pyridine rings is 1. The number of hydrogen-bond acceptors (Lipinski definition) is 9. The van der Waals surface area contributed by atoms with Crippen molar-refractivity contribution < 1.29 is 9.53 Å². The average molecular weight is 486 g/mol. The zero-order valence-corrected chi connectivity index (χ0v) is 20.2. The minimum absolute atomic E-state index is 0.0872. The molecular weight excluding hydrogens is 462 g/mol. The number of carbonyl (C=O) groups excluding carboxylic acids is 1. The highest BCUT2D eigenvalue weighted by atomic mass is 32.1. The number of aromatic nitrogens is 5. The maximum absolute atomic E-state index is 12.4. The molecule has 0 amide bonds. The predicted molar refractivity (Wildman–Crippen MR) is 131 cm³/mol. The molecule has 2 bridgehead atoms. The first-order chi connectivity index (χ1) is 17.0. The normalized spacial score (nSPS) is 22.9. The van der Waals surface area contributed by atoms with Crippen LogP contribution in [0.3, 0.4) is 0 Å². The Morgan fingerprint density at radius 3 is 2.77 bits per heavy atom. The van der Waals surface area contributed by atoms with Crippen LogP contribution >= 0.6 is 11.3 Å². The van der Waals surface area contributed by atoms with Crippen molar-refractivity contribution >= 4 is 28.5 Å². The van der Waals surface area contributed by atoms with E-state index < -0.39 is 0 Å². The molecule has 0 saturated heterocycles. The summed E-state index contributed by atoms with van der Waals surface area (Å²) in [6, 6.07) is 9.76. The molecule has 0 unspecified atom stereocenters. The molecule has 9 nitrogen and oxygen atoms in total. The summed E-state index contributed by atoms with van der Waals surface area (Å²) in [6.07, 6.45) is 7.73. The third-order valence-electron chi connectivity index (χ3n) is 7.63. The van der Waals surface area contributed by atoms with Crippen LogP contribution in [0.25, 0.3) is 27.5 Å². The van der Waals surface area contributed by atoms with Crippen LogP contribution in [0.15, 0.2) is 36.7 Å². The van der Waals surface area contributed by atoms with Gasteiger partial charge in [0.1, 0.15) is 11.1 Å². The van der Waals surface area contributed by atoms with E-state index in [4.69, 9.17) is 15.0 Å². The minimum Gasteiger partial charge on any atom is -0.469 e. The molecular formula is C25H23N7O2S. The molecule has 0 radical (unpaired) electrons. The molecule has 0 spiro atoms. The van der Waals surface area contributed by atoms with Crippen LogP contribution in [0.4, 0.5) is 5.69 Å². The monoisotopic (exact) mass is 485 g/mol. The summed E-state index contributed by atoms with van der Waals surface area (Å²) in [5, 5.41) is 27.7. The van der Waals surface area contributed by atoms with Gasteiger partial charge in [0.05, 0.1) is 46.8 Å². The summed E-state index contributed by atoms with van der Waals surface area (Å²) in [5.41, 5.74) is 4.26. The minimum atomic E-state index is -0.359. The van der Waals surface area contributed by atoms with E-state index in [1.165, 1.54) is 7.11 Å². The van der Waals surface area contributed by atoms with Crippen molar-refractivity contribution in [2.24, 2.45) is 5.41 Å². The van der Waals surface area contributed by atoms with Gasteiger partial charge >= 0.3 is 5.97 Å². The third kappa shape index (κ3) is 3.22. The van der Waals surface area contributed by atoms with Gasteiger partial charge in [0.25, 0.3) is 0 Å². The maximum Gasteiger partial charge on any atom is 0.311 e. The first kappa shape index (κ1) is 21.7. The Kier molecular flexibility index (Phi) is 4.86. The van der Waals surface area contributed by atoms with Gasteiger partial charge in [-0.25, -0.2) is 4.52 Å². The Hall–Kier alpha value is -3.84. The van der Waals surface area contributed by atoms with Gasteiger partial charge in [-0.2, -0.15) is 10.4 Å². The number of rotatable bonds is 5. The molecule has 0 atom stereocenters. The van der Waals surface area contributed by atoms with Gasteiger partial charge in [0.2, 0.25) is 0 Å². The number of nitrogens with zero attached hydrogens (tertiary/aromatic N) is 6. The molecule has 2 aliphatic carbocycles. The standard InChI is InChI=1S/C25H23N7O2S/c1-27-18-10-19(20-4-3-16-9-15(11-26)12-29-32(16)20)28-13-17(18)21-30-31-22(35-21)24-5-7-25(14-24,8-6-24)23(33)34-2/h3-4,9-10,12-13H,5-8,14H2,1-2H3,(H,27,28). The highest BCUT2D eigenvalue weighted by Crippen LogP contribution is 2.63. The fourth-order valence-corrected chi connectivity index (χ4v) is 6.88. The fourth-order valence-electron chi connectivity index (χ4n) is 5.76. The Morgan fingerprint density at radius 2 is 2.03 bits per heavy atom. The number of nitrogens with one attached hydrogen (secondary N) is 1. The second-order valence-electron chi connectivity index (χ2n) is 9.42. The Bertz CT molecular complexity index is 1510. The van der Waals surface area contributed by atoms with Gasteiger partial charge in [-0.1, -0.05) is 11.3 Å². The van der Waals surface area contributed by atoms with Crippen molar-refractivity contribution in [2.45, 2.75) is 37.5 Å². The Balaban J connectivity index is 1.33. The SMILES string of the molecule is CNc1cc(-c2ccc3cc(C#N)cnn23)ncc1-c1nnc(C23CCC(C(=O)OC)(CC2)C3)s1. The van der Waals surface area contributed by atoms with Crippen LogP contribution in [0.5, 0.6) is 0 Å². The van der Waals surface area contributed by atoms with Crippen molar-refractivity contribution in [3.05, 3.63) is 47.2 Å². The van der Waals surface area contributed by atoms with Crippen molar-refractivity contribution in [1.82, 2.24) is 24.8 Å². The first-order valence-corrected chi connectivity index (χ1v) is 12.3. The second-order valence-corrected chi connectivity index (χ2v) is 10.4. The van der Waals surface area contributed by atoms with Gasteiger partial charge < -0.3 is 10.1 Å². The van der Waals surface area contributed by atoms with E-state index in [2.05, 4.69) is 26.7 Å². The van der Waals surface area contributed by atoms with Gasteiger partial charge in [-0.05, 0) is 56.4 Å². The number of anilines is 1. The van der Waals surface area contributed by atoms with Gasteiger partial charge in [-0.15, -0.1) is 10.2 Å². The van der Waals surface area contributed by atoms with E-state index in [0.717, 1.165) is 70.3 Å². The van der Waals surface area contributed by atoms with E-state index >= 15 is 0 Å². The summed E-state index contributed by atoms with van der Waals surface area (Å²) in [7, 11) is 3.35.